The van der Waals surface area contributed by atoms with Crippen LogP contribution in [0.4, 0.5) is 11.4 Å². The van der Waals surface area contributed by atoms with Gasteiger partial charge in [0.25, 0.3) is 11.8 Å². The molecule has 0 N–H and O–H groups in total. The van der Waals surface area contributed by atoms with Crippen molar-refractivity contribution in [1.82, 2.24) is 0 Å². The first-order valence-corrected chi connectivity index (χ1v) is 38.8. The summed E-state index contributed by atoms with van der Waals surface area (Å²) in [6, 6.07) is 22.8. The summed E-state index contributed by atoms with van der Waals surface area (Å²) >= 11 is 7.07. The van der Waals surface area contributed by atoms with E-state index in [0.717, 1.165) is 64.4 Å². The third kappa shape index (κ3) is 23.3. The Hall–Kier alpha value is -3.87. The van der Waals surface area contributed by atoms with E-state index in [1.807, 2.05) is 0 Å². The second kappa shape index (κ2) is 39.0. The average molecular weight is 1250 g/mol. The molecule has 7 rings (SSSR count). The Morgan fingerprint density at radius 3 is 1.62 bits per heavy atom. The Morgan fingerprint density at radius 2 is 1.03 bits per heavy atom. The molecule has 4 aromatic rings. The van der Waals surface area contributed by atoms with Gasteiger partial charge in [-0.25, -0.2) is 0 Å². The number of rotatable bonds is 35. The van der Waals surface area contributed by atoms with Gasteiger partial charge in [0.05, 0.1) is 22.5 Å². The van der Waals surface area contributed by atoms with Gasteiger partial charge in [0.2, 0.25) is 0 Å². The van der Waals surface area contributed by atoms with Crippen molar-refractivity contribution >= 4 is 69.1 Å². The summed E-state index contributed by atoms with van der Waals surface area (Å²) in [5.74, 6) is 0.985. The summed E-state index contributed by atoms with van der Waals surface area (Å²) in [6.45, 7) is 19.9. The molecule has 4 nitrogen and oxygen atoms in total. The number of carbonyl (C=O) groups is 2. The van der Waals surface area contributed by atoms with E-state index in [9.17, 15) is 0 Å². The van der Waals surface area contributed by atoms with Crippen LogP contribution < -0.4 is 20.2 Å². The van der Waals surface area contributed by atoms with Gasteiger partial charge in [-0.2, -0.15) is 0 Å². The Labute approximate surface area is 554 Å². The molecule has 2 amide bonds. The van der Waals surface area contributed by atoms with Crippen LogP contribution in [0.5, 0.6) is 0 Å². The molecule has 2 unspecified atom stereocenters. The van der Waals surface area contributed by atoms with E-state index in [1.165, 1.54) is 258 Å². The number of thiol groups is 1. The maximum atomic E-state index is 15.9. The molecule has 0 saturated carbocycles. The lowest BCUT2D eigenvalue weighted by Crippen LogP contribution is -2.35. The maximum absolute atomic E-state index is 15.9. The summed E-state index contributed by atoms with van der Waals surface area (Å²) in [5.41, 5.74) is 6.06. The molecule has 0 radical (unpaired) electrons. The quantitative estimate of drug-likeness (QED) is 0.0368. The van der Waals surface area contributed by atoms with Crippen LogP contribution in [-0.4, -0.2) is 24.9 Å². The minimum Gasteiger partial charge on any atom is -0.307 e. The van der Waals surface area contributed by atoms with Crippen molar-refractivity contribution in [2.24, 2.45) is 17.3 Å². The van der Waals surface area contributed by atoms with Gasteiger partial charge >= 0.3 is 0 Å². The van der Waals surface area contributed by atoms with Crippen LogP contribution in [0.1, 0.15) is 329 Å². The van der Waals surface area contributed by atoms with E-state index in [1.54, 1.807) is 11.3 Å². The Balaban J connectivity index is 1.28. The first-order valence-electron chi connectivity index (χ1n) is 37.5. The number of carbonyl (C=O) groups excluding carboxylic acids is 2. The average Bonchev–Trinajstić information content (AvgIpc) is 1.64. The Bertz CT molecular complexity index is 2950. The summed E-state index contributed by atoms with van der Waals surface area (Å²) in [6.07, 6.45) is 59.5. The molecule has 492 valence electrons. The van der Waals surface area contributed by atoms with Crippen molar-refractivity contribution in [2.45, 2.75) is 324 Å². The molecular formula is C83H126N2O2S2. The number of amides is 2. The van der Waals surface area contributed by atoms with Gasteiger partial charge in [-0.1, -0.05) is 329 Å². The molecule has 4 heterocycles. The molecule has 0 aliphatic carbocycles. The highest BCUT2D eigenvalue weighted by atomic mass is 32.1. The van der Waals surface area contributed by atoms with Crippen LogP contribution in [0.25, 0.3) is 32.4 Å². The molecule has 3 aromatic carbocycles. The Morgan fingerprint density at radius 1 is 0.539 bits per heavy atom. The van der Waals surface area contributed by atoms with Crippen molar-refractivity contribution in [1.29, 1.82) is 0 Å². The maximum Gasteiger partial charge on any atom is 0.260 e. The molecule has 3 aliphatic rings. The number of unbranched alkanes of at least 4 members (excludes halogenated alkanes) is 25. The lowest BCUT2D eigenvalue weighted by molar-refractivity contribution is -0.114. The fourth-order valence-electron chi connectivity index (χ4n) is 14.7. The predicted octanol–water partition coefficient (Wildman–Crippen LogP) is 24.6. The fraction of sp³-hybridized carbons (Fsp3) is 0.663. The number of anilines is 2. The standard InChI is InChI=1S/C83H126N2O2S2/c1-9-12-15-18-21-24-26-31-36-41-47-65(46-40-35-30-23-20-17-14-11-3)63-84-73-62-72-74-61-71(73)78(80(84)86)75(88)50-45-58-83(7,8)57-44-39-34-29-28-33-38-43-49-66(48-42-37-32-27-25-22-19-16-13-10-2)64-85(74)81(87)79(72)77-56-55-76(89-77)69-52-51-68-60-70(82(4,5)6)54-53-67(68)59-69/h45,50-56,58-62,65-66,88H,9-44,46-49,57,63-64H2,1-8H3/b58-45+,75-50?. The third-order valence-corrected chi connectivity index (χ3v) is 22.0. The Kier molecular flexibility index (Phi) is 31.8. The molecular weight excluding hydrogens is 1120 g/mol. The highest BCUT2D eigenvalue weighted by molar-refractivity contribution is 7.85. The number of benzene rings is 3. The van der Waals surface area contributed by atoms with Gasteiger partial charge in [0, 0.05) is 38.2 Å². The van der Waals surface area contributed by atoms with Gasteiger partial charge in [0.1, 0.15) is 0 Å². The highest BCUT2D eigenvalue weighted by Crippen LogP contribution is 2.40. The van der Waals surface area contributed by atoms with E-state index in [-0.39, 0.29) is 22.6 Å². The van der Waals surface area contributed by atoms with E-state index >= 15 is 9.59 Å². The van der Waals surface area contributed by atoms with E-state index < -0.39 is 0 Å². The fourth-order valence-corrected chi connectivity index (χ4v) is 16.1. The van der Waals surface area contributed by atoms with Crippen LogP contribution in [0.2, 0.25) is 0 Å². The van der Waals surface area contributed by atoms with Crippen molar-refractivity contribution in [3.05, 3.63) is 105 Å². The minimum absolute atomic E-state index is 0.0394. The molecule has 0 spiro atoms. The summed E-state index contributed by atoms with van der Waals surface area (Å²) in [5, 5.41) is 4.42. The topological polar surface area (TPSA) is 40.6 Å². The third-order valence-electron chi connectivity index (χ3n) is 20.5. The van der Waals surface area contributed by atoms with Crippen LogP contribution >= 0.6 is 24.0 Å². The smallest absolute Gasteiger partial charge is 0.260 e. The number of nitrogens with zero attached hydrogens (tertiary/aromatic N) is 2. The number of allylic oxidation sites excluding steroid dienone is 3. The van der Waals surface area contributed by atoms with Gasteiger partial charge < -0.3 is 9.80 Å². The zero-order chi connectivity index (χ0) is 63.3. The van der Waals surface area contributed by atoms with Crippen molar-refractivity contribution in [2.75, 3.05) is 22.9 Å². The van der Waals surface area contributed by atoms with Gasteiger partial charge in [-0.15, -0.1) is 24.0 Å². The minimum atomic E-state index is 0.0394. The molecule has 89 heavy (non-hydrogen) atoms. The summed E-state index contributed by atoms with van der Waals surface area (Å²) < 4.78 is 0. The predicted molar refractivity (Wildman–Crippen MR) is 396 cm³/mol. The van der Waals surface area contributed by atoms with Crippen LogP contribution in [-0.2, 0) is 15.0 Å². The first kappa shape index (κ1) is 72.6. The first-order chi connectivity index (χ1) is 43.2. The molecule has 2 atom stereocenters. The van der Waals surface area contributed by atoms with Crippen molar-refractivity contribution < 1.29 is 9.59 Å². The largest absolute Gasteiger partial charge is 0.307 e. The van der Waals surface area contributed by atoms with Crippen molar-refractivity contribution in [3.63, 3.8) is 0 Å². The molecule has 0 fully saturated rings. The van der Waals surface area contributed by atoms with E-state index in [0.29, 0.717) is 35.4 Å². The molecule has 0 saturated heterocycles. The second-order valence-corrected chi connectivity index (χ2v) is 31.4. The van der Waals surface area contributed by atoms with E-state index in [4.69, 9.17) is 12.6 Å². The van der Waals surface area contributed by atoms with Crippen LogP contribution in [0, 0.1) is 17.3 Å². The highest BCUT2D eigenvalue weighted by Gasteiger charge is 2.38. The summed E-state index contributed by atoms with van der Waals surface area (Å²) in [7, 11) is 0. The second-order valence-electron chi connectivity index (χ2n) is 29.9. The number of thiophene rings is 1. The SMILES string of the molecule is CCCCCCCCCCCCC(CCCCCCCCCC)CN1C(=O)C2=c3cc4c(cc31)=C(c1ccc(-c3ccc5cc(C(C)(C)C)ccc5c3)s1)C(=O)N4CC(CCCCCCCCCCCC)CCCCCCCCCCC(C)(C)/C=C/C=C2S. The molecule has 6 heteroatoms. The summed E-state index contributed by atoms with van der Waals surface area (Å²) in [4.78, 5) is 38.9. The zero-order valence-corrected chi connectivity index (χ0v) is 59.8. The molecule has 1 aromatic heterocycles. The number of hydrogen-bond donors (Lipinski definition) is 1. The van der Waals surface area contributed by atoms with Crippen LogP contribution in [0.3, 0.4) is 0 Å². The molecule has 3 aliphatic heterocycles. The zero-order valence-electron chi connectivity index (χ0n) is 58.1. The monoisotopic (exact) mass is 1250 g/mol. The van der Waals surface area contributed by atoms with Gasteiger partial charge in [0.15, 0.2) is 0 Å². The lowest BCUT2D eigenvalue weighted by Gasteiger charge is -2.27. The molecule has 2 bridgehead atoms. The van der Waals surface area contributed by atoms with Gasteiger partial charge in [-0.05, 0) is 113 Å². The number of hydrogen-bond acceptors (Lipinski definition) is 4. The number of fused-ring (bicyclic) bond motifs is 1. The van der Waals surface area contributed by atoms with Gasteiger partial charge in [-0.3, -0.25) is 9.59 Å². The van der Waals surface area contributed by atoms with E-state index in [2.05, 4.69) is 144 Å². The lowest BCUT2D eigenvalue weighted by atomic mass is 9.86. The van der Waals surface area contributed by atoms with Crippen molar-refractivity contribution in [3.8, 4) is 10.4 Å². The van der Waals surface area contributed by atoms with Crippen LogP contribution in [0.15, 0.2) is 83.8 Å². The normalized spacial score (nSPS) is 17.8.